The lowest BCUT2D eigenvalue weighted by atomic mass is 10.2. The zero-order chi connectivity index (χ0) is 15.1. The number of nitrogens with one attached hydrogen (secondary N) is 1. The maximum atomic E-state index is 11.5. The van der Waals surface area contributed by atoms with Crippen molar-refractivity contribution >= 4 is 29.0 Å². The Morgan fingerprint density at radius 2 is 1.76 bits per heavy atom. The molecule has 0 spiro atoms. The fraction of sp³-hybridized carbons (Fsp3) is 0.125. The third-order valence-electron chi connectivity index (χ3n) is 2.60. The van der Waals surface area contributed by atoms with Crippen LogP contribution in [0.25, 0.3) is 0 Å². The van der Waals surface area contributed by atoms with E-state index in [4.69, 9.17) is 21.7 Å². The summed E-state index contributed by atoms with van der Waals surface area (Å²) in [5, 5.41) is 3.19. The molecule has 2 aromatic rings. The summed E-state index contributed by atoms with van der Waals surface area (Å²) in [4.78, 5) is 11.5. The van der Waals surface area contributed by atoms with Crippen LogP contribution in [0, 0.1) is 0 Å². The van der Waals surface area contributed by atoms with Crippen molar-refractivity contribution in [3.05, 3.63) is 60.2 Å². The van der Waals surface area contributed by atoms with E-state index < -0.39 is 0 Å². The Balaban J connectivity index is 1.94. The van der Waals surface area contributed by atoms with Crippen LogP contribution in [0.4, 0.5) is 5.69 Å². The Kier molecular flexibility index (Phi) is 5.29. The van der Waals surface area contributed by atoms with E-state index in [1.807, 2.05) is 30.3 Å². The van der Waals surface area contributed by atoms with Gasteiger partial charge in [0.1, 0.15) is 5.75 Å². The normalized spacial score (nSPS) is 9.76. The van der Waals surface area contributed by atoms with Gasteiger partial charge in [-0.3, -0.25) is 0 Å². The van der Waals surface area contributed by atoms with Crippen LogP contribution in [-0.4, -0.2) is 17.8 Å². The van der Waals surface area contributed by atoms with Gasteiger partial charge >= 0.3 is 5.97 Å². The van der Waals surface area contributed by atoms with E-state index in [0.717, 1.165) is 5.69 Å². The van der Waals surface area contributed by atoms with Crippen molar-refractivity contribution in [2.24, 2.45) is 0 Å². The molecular formula is C16H15NO3S. The Bertz CT molecular complexity index is 611. The number of para-hydroxylation sites is 1. The molecule has 0 bridgehead atoms. The Morgan fingerprint density at radius 1 is 1.10 bits per heavy atom. The molecule has 2 rings (SSSR count). The van der Waals surface area contributed by atoms with Crippen molar-refractivity contribution < 1.29 is 14.3 Å². The fourth-order valence-corrected chi connectivity index (χ4v) is 1.86. The molecule has 2 aromatic carbocycles. The van der Waals surface area contributed by atoms with Gasteiger partial charge in [-0.05, 0) is 55.5 Å². The van der Waals surface area contributed by atoms with Crippen LogP contribution < -0.4 is 10.1 Å². The van der Waals surface area contributed by atoms with Gasteiger partial charge in [-0.2, -0.15) is 0 Å². The molecule has 0 amide bonds. The molecule has 0 aliphatic rings. The topological polar surface area (TPSA) is 47.6 Å². The number of thiocarbonyl (C=S) groups is 1. The van der Waals surface area contributed by atoms with Gasteiger partial charge in [-0.25, -0.2) is 4.79 Å². The first-order valence-electron chi connectivity index (χ1n) is 6.50. The van der Waals surface area contributed by atoms with Crippen molar-refractivity contribution in [1.82, 2.24) is 0 Å². The van der Waals surface area contributed by atoms with Gasteiger partial charge < -0.3 is 14.8 Å². The Hall–Kier alpha value is -2.40. The number of ether oxygens (including phenoxy) is 2. The second kappa shape index (κ2) is 7.40. The van der Waals surface area contributed by atoms with E-state index in [9.17, 15) is 4.79 Å². The second-order valence-corrected chi connectivity index (χ2v) is 4.50. The molecule has 5 heteroatoms. The van der Waals surface area contributed by atoms with E-state index in [1.54, 1.807) is 31.2 Å². The molecule has 0 aliphatic heterocycles. The van der Waals surface area contributed by atoms with Crippen LogP contribution >= 0.6 is 12.2 Å². The second-order valence-electron chi connectivity index (χ2n) is 4.13. The molecule has 21 heavy (non-hydrogen) atoms. The smallest absolute Gasteiger partial charge is 0.338 e. The van der Waals surface area contributed by atoms with Crippen molar-refractivity contribution in [3.63, 3.8) is 0 Å². The average Bonchev–Trinajstić information content (AvgIpc) is 2.49. The summed E-state index contributed by atoms with van der Waals surface area (Å²) in [6, 6.07) is 16.1. The lowest BCUT2D eigenvalue weighted by Crippen LogP contribution is -2.16. The standard InChI is InChI=1S/C16H15NO3S/c1-2-19-15(18)12-8-10-13(11-9-12)17-16(21)20-14-6-4-3-5-7-14/h3-11H,2H2,1H3,(H,17,21). The van der Waals surface area contributed by atoms with Crippen LogP contribution in [0.15, 0.2) is 54.6 Å². The quantitative estimate of drug-likeness (QED) is 0.690. The van der Waals surface area contributed by atoms with Crippen LogP contribution in [0.3, 0.4) is 0 Å². The van der Waals surface area contributed by atoms with Crippen LogP contribution in [0.1, 0.15) is 17.3 Å². The van der Waals surface area contributed by atoms with Crippen molar-refractivity contribution in [2.75, 3.05) is 11.9 Å². The lowest BCUT2D eigenvalue weighted by molar-refractivity contribution is 0.0526. The molecule has 0 saturated carbocycles. The molecule has 0 heterocycles. The minimum Gasteiger partial charge on any atom is -0.462 e. The van der Waals surface area contributed by atoms with Gasteiger partial charge in [-0.1, -0.05) is 18.2 Å². The zero-order valence-electron chi connectivity index (χ0n) is 11.5. The van der Waals surface area contributed by atoms with Crippen LogP contribution in [0.2, 0.25) is 0 Å². The van der Waals surface area contributed by atoms with E-state index in [-0.39, 0.29) is 11.1 Å². The summed E-state index contributed by atoms with van der Waals surface area (Å²) < 4.78 is 10.4. The Labute approximate surface area is 128 Å². The summed E-state index contributed by atoms with van der Waals surface area (Å²) in [5.41, 5.74) is 1.24. The van der Waals surface area contributed by atoms with Crippen LogP contribution in [0.5, 0.6) is 5.75 Å². The largest absolute Gasteiger partial charge is 0.462 e. The van der Waals surface area contributed by atoms with E-state index in [1.165, 1.54) is 0 Å². The van der Waals surface area contributed by atoms with Gasteiger partial charge in [-0.15, -0.1) is 0 Å². The van der Waals surface area contributed by atoms with Crippen molar-refractivity contribution in [2.45, 2.75) is 6.92 Å². The maximum Gasteiger partial charge on any atom is 0.338 e. The highest BCUT2D eigenvalue weighted by atomic mass is 32.1. The predicted octanol–water partition coefficient (Wildman–Crippen LogP) is 3.64. The lowest BCUT2D eigenvalue weighted by Gasteiger charge is -2.09. The highest BCUT2D eigenvalue weighted by Crippen LogP contribution is 2.13. The average molecular weight is 301 g/mol. The number of carbonyl (C=O) groups is 1. The number of anilines is 1. The highest BCUT2D eigenvalue weighted by Gasteiger charge is 2.06. The van der Waals surface area contributed by atoms with E-state index in [0.29, 0.717) is 17.9 Å². The zero-order valence-corrected chi connectivity index (χ0v) is 12.4. The van der Waals surface area contributed by atoms with Gasteiger partial charge in [0.25, 0.3) is 5.17 Å². The summed E-state index contributed by atoms with van der Waals surface area (Å²) in [6.07, 6.45) is 0. The number of esters is 1. The fourth-order valence-electron chi connectivity index (χ4n) is 1.64. The molecule has 1 N–H and O–H groups in total. The van der Waals surface area contributed by atoms with Gasteiger partial charge in [0.15, 0.2) is 0 Å². The SMILES string of the molecule is CCOC(=O)c1ccc(NC(=S)Oc2ccccc2)cc1. The molecule has 108 valence electrons. The van der Waals surface area contributed by atoms with E-state index >= 15 is 0 Å². The first-order chi connectivity index (χ1) is 10.2. The first kappa shape index (κ1) is 15.0. The first-order valence-corrected chi connectivity index (χ1v) is 6.91. The predicted molar refractivity (Wildman–Crippen MR) is 85.7 cm³/mol. The molecule has 0 aromatic heterocycles. The molecule has 0 fully saturated rings. The maximum absolute atomic E-state index is 11.5. The van der Waals surface area contributed by atoms with Crippen molar-refractivity contribution in [3.8, 4) is 5.75 Å². The molecule has 0 saturated heterocycles. The number of hydrogen-bond acceptors (Lipinski definition) is 4. The molecule has 0 radical (unpaired) electrons. The van der Waals surface area contributed by atoms with Gasteiger partial charge in [0.2, 0.25) is 0 Å². The van der Waals surface area contributed by atoms with E-state index in [2.05, 4.69) is 5.32 Å². The monoisotopic (exact) mass is 301 g/mol. The minimum atomic E-state index is -0.341. The summed E-state index contributed by atoms with van der Waals surface area (Å²) in [5.74, 6) is 0.324. The number of rotatable bonds is 4. The third kappa shape index (κ3) is 4.57. The highest BCUT2D eigenvalue weighted by molar-refractivity contribution is 7.80. The van der Waals surface area contributed by atoms with Crippen LogP contribution in [-0.2, 0) is 4.74 Å². The molecule has 0 atom stereocenters. The summed E-state index contributed by atoms with van der Waals surface area (Å²) >= 11 is 5.12. The summed E-state index contributed by atoms with van der Waals surface area (Å²) in [6.45, 7) is 2.13. The molecule has 0 unspecified atom stereocenters. The number of benzene rings is 2. The van der Waals surface area contributed by atoms with Gasteiger partial charge in [0.05, 0.1) is 12.2 Å². The third-order valence-corrected chi connectivity index (χ3v) is 2.78. The van der Waals surface area contributed by atoms with Crippen molar-refractivity contribution in [1.29, 1.82) is 0 Å². The molecule has 0 aliphatic carbocycles. The Morgan fingerprint density at radius 3 is 2.38 bits per heavy atom. The molecule has 4 nitrogen and oxygen atoms in total. The number of carbonyl (C=O) groups excluding carboxylic acids is 1. The minimum absolute atomic E-state index is 0.241. The summed E-state index contributed by atoms with van der Waals surface area (Å²) in [7, 11) is 0. The molecular weight excluding hydrogens is 286 g/mol. The van der Waals surface area contributed by atoms with Gasteiger partial charge in [0, 0.05) is 5.69 Å². The number of hydrogen-bond donors (Lipinski definition) is 1.